The van der Waals surface area contributed by atoms with Crippen LogP contribution in [0.5, 0.6) is 0 Å². The van der Waals surface area contributed by atoms with Gasteiger partial charge in [-0.3, -0.25) is 14.5 Å². The highest BCUT2D eigenvalue weighted by Crippen LogP contribution is 2.26. The Bertz CT molecular complexity index is 782. The van der Waals surface area contributed by atoms with Crippen molar-refractivity contribution in [3.05, 3.63) is 46.0 Å². The summed E-state index contributed by atoms with van der Waals surface area (Å²) in [5.74, 6) is 0.444. The molecule has 1 aliphatic rings. The van der Waals surface area contributed by atoms with E-state index in [0.717, 1.165) is 37.9 Å². The fourth-order valence-corrected chi connectivity index (χ4v) is 3.73. The summed E-state index contributed by atoms with van der Waals surface area (Å²) in [6, 6.07) is 3.78. The lowest BCUT2D eigenvalue weighted by Crippen LogP contribution is -2.38. The second kappa shape index (κ2) is 8.18. The molecule has 1 aliphatic carbocycles. The average Bonchev–Trinajstić information content (AvgIpc) is 2.98. The minimum absolute atomic E-state index is 0.0234. The monoisotopic (exact) mass is 376 g/mol. The minimum Gasteiger partial charge on any atom is -0.390 e. The molecule has 0 unspecified atom stereocenters. The first-order valence-electron chi connectivity index (χ1n) is 9.03. The summed E-state index contributed by atoms with van der Waals surface area (Å²) >= 11 is 5.96. The Labute approximate surface area is 158 Å². The van der Waals surface area contributed by atoms with E-state index in [1.807, 2.05) is 24.6 Å². The van der Waals surface area contributed by atoms with E-state index in [2.05, 4.69) is 15.4 Å². The number of carbonyl (C=O) groups is 1. The second-order valence-corrected chi connectivity index (χ2v) is 7.53. The standard InChI is InChI=1S/C19H25ClN4O2/c1-12-7-17(11-25)23-24(12)10-14-3-5-16(6-4-14)22-19(26)18-8-15(20)9-21-13(18)2/h7-9,14,16,25H,3-6,10-11H2,1-2H3,(H,22,26). The van der Waals surface area contributed by atoms with Gasteiger partial charge in [-0.05, 0) is 57.6 Å². The molecule has 2 aromatic heterocycles. The summed E-state index contributed by atoms with van der Waals surface area (Å²) in [5, 5.41) is 17.2. The number of pyridine rings is 1. The molecule has 1 amide bonds. The van der Waals surface area contributed by atoms with Gasteiger partial charge in [0.05, 0.1) is 28.6 Å². The van der Waals surface area contributed by atoms with E-state index in [0.29, 0.717) is 27.9 Å². The molecule has 26 heavy (non-hydrogen) atoms. The fourth-order valence-electron chi connectivity index (χ4n) is 3.58. The zero-order chi connectivity index (χ0) is 18.7. The molecule has 0 saturated heterocycles. The molecule has 140 valence electrons. The van der Waals surface area contributed by atoms with Gasteiger partial charge in [-0.25, -0.2) is 0 Å². The van der Waals surface area contributed by atoms with Gasteiger partial charge in [0.1, 0.15) is 0 Å². The fraction of sp³-hybridized carbons (Fsp3) is 0.526. The van der Waals surface area contributed by atoms with Crippen LogP contribution in [-0.2, 0) is 13.2 Å². The number of hydrogen-bond acceptors (Lipinski definition) is 4. The van der Waals surface area contributed by atoms with Gasteiger partial charge in [0.15, 0.2) is 0 Å². The Morgan fingerprint density at radius 1 is 1.31 bits per heavy atom. The highest BCUT2D eigenvalue weighted by molar-refractivity contribution is 6.30. The molecule has 2 N–H and O–H groups in total. The first-order valence-corrected chi connectivity index (χ1v) is 9.41. The van der Waals surface area contributed by atoms with Gasteiger partial charge in [0, 0.05) is 24.5 Å². The first-order chi connectivity index (χ1) is 12.5. The lowest BCUT2D eigenvalue weighted by Gasteiger charge is -2.29. The highest BCUT2D eigenvalue weighted by atomic mass is 35.5. The summed E-state index contributed by atoms with van der Waals surface area (Å²) in [4.78, 5) is 16.6. The van der Waals surface area contributed by atoms with E-state index in [1.165, 1.54) is 0 Å². The van der Waals surface area contributed by atoms with Gasteiger partial charge in [-0.1, -0.05) is 11.6 Å². The van der Waals surface area contributed by atoms with E-state index >= 15 is 0 Å². The summed E-state index contributed by atoms with van der Waals surface area (Å²) in [6.45, 7) is 4.67. The number of hydrogen-bond donors (Lipinski definition) is 2. The van der Waals surface area contributed by atoms with Crippen LogP contribution in [0.25, 0.3) is 0 Å². The van der Waals surface area contributed by atoms with Gasteiger partial charge in [-0.2, -0.15) is 5.10 Å². The van der Waals surface area contributed by atoms with Gasteiger partial charge >= 0.3 is 0 Å². The van der Waals surface area contributed by atoms with Gasteiger partial charge in [0.25, 0.3) is 5.91 Å². The molecule has 7 heteroatoms. The highest BCUT2D eigenvalue weighted by Gasteiger charge is 2.24. The lowest BCUT2D eigenvalue weighted by molar-refractivity contribution is 0.0919. The van der Waals surface area contributed by atoms with Crippen LogP contribution >= 0.6 is 11.6 Å². The van der Waals surface area contributed by atoms with Crippen molar-refractivity contribution in [2.24, 2.45) is 5.92 Å². The van der Waals surface area contributed by atoms with Crippen LogP contribution in [0.2, 0.25) is 5.02 Å². The van der Waals surface area contributed by atoms with Crippen molar-refractivity contribution in [3.8, 4) is 0 Å². The number of nitrogens with one attached hydrogen (secondary N) is 1. The Balaban J connectivity index is 1.52. The molecule has 1 saturated carbocycles. The predicted octanol–water partition coefficient (Wildman–Crippen LogP) is 3.03. The topological polar surface area (TPSA) is 80.0 Å². The van der Waals surface area contributed by atoms with Crippen molar-refractivity contribution in [1.29, 1.82) is 0 Å². The molecule has 2 heterocycles. The molecule has 2 aromatic rings. The minimum atomic E-state index is -0.101. The van der Waals surface area contributed by atoms with E-state index in [9.17, 15) is 9.90 Å². The van der Waals surface area contributed by atoms with E-state index < -0.39 is 0 Å². The second-order valence-electron chi connectivity index (χ2n) is 7.09. The number of halogens is 1. The molecule has 6 nitrogen and oxygen atoms in total. The predicted molar refractivity (Wildman–Crippen MR) is 100 cm³/mol. The van der Waals surface area contributed by atoms with Crippen molar-refractivity contribution < 1.29 is 9.90 Å². The van der Waals surface area contributed by atoms with Crippen molar-refractivity contribution >= 4 is 17.5 Å². The Morgan fingerprint density at radius 3 is 2.69 bits per heavy atom. The molecule has 3 rings (SSSR count). The normalized spacial score (nSPS) is 20.2. The first kappa shape index (κ1) is 18.9. The molecular weight excluding hydrogens is 352 g/mol. The average molecular weight is 377 g/mol. The SMILES string of the molecule is Cc1ncc(Cl)cc1C(=O)NC1CCC(Cn2nc(CO)cc2C)CC1. The number of carbonyl (C=O) groups excluding carboxylic acids is 1. The Hall–Kier alpha value is -1.92. The molecule has 0 bridgehead atoms. The van der Waals surface area contributed by atoms with Crippen LogP contribution in [0.4, 0.5) is 0 Å². The number of aliphatic hydroxyl groups is 1. The van der Waals surface area contributed by atoms with Crippen LogP contribution < -0.4 is 5.32 Å². The third kappa shape index (κ3) is 4.43. The van der Waals surface area contributed by atoms with Crippen molar-refractivity contribution in [1.82, 2.24) is 20.1 Å². The summed E-state index contributed by atoms with van der Waals surface area (Å²) in [6.07, 6.45) is 5.56. The zero-order valence-corrected chi connectivity index (χ0v) is 16.0. The molecule has 0 radical (unpaired) electrons. The number of nitrogens with zero attached hydrogens (tertiary/aromatic N) is 3. The largest absolute Gasteiger partial charge is 0.390 e. The Kier molecular flexibility index (Phi) is 5.94. The van der Waals surface area contributed by atoms with Gasteiger partial charge in [0.2, 0.25) is 0 Å². The lowest BCUT2D eigenvalue weighted by atomic mass is 9.86. The van der Waals surface area contributed by atoms with Crippen molar-refractivity contribution in [2.75, 3.05) is 0 Å². The third-order valence-electron chi connectivity index (χ3n) is 5.11. The quantitative estimate of drug-likeness (QED) is 0.840. The van der Waals surface area contributed by atoms with Crippen LogP contribution in [0.3, 0.4) is 0 Å². The molecule has 0 aromatic carbocycles. The van der Waals surface area contributed by atoms with Crippen LogP contribution in [0.1, 0.15) is 53.1 Å². The maximum atomic E-state index is 12.5. The molecule has 0 aliphatic heterocycles. The van der Waals surface area contributed by atoms with Gasteiger partial charge in [-0.15, -0.1) is 0 Å². The number of aliphatic hydroxyl groups excluding tert-OH is 1. The van der Waals surface area contributed by atoms with Crippen LogP contribution in [-0.4, -0.2) is 31.8 Å². The van der Waals surface area contributed by atoms with Crippen molar-refractivity contribution in [3.63, 3.8) is 0 Å². The Morgan fingerprint density at radius 2 is 2.04 bits per heavy atom. The third-order valence-corrected chi connectivity index (χ3v) is 5.31. The smallest absolute Gasteiger partial charge is 0.253 e. The summed E-state index contributed by atoms with van der Waals surface area (Å²) in [5.41, 5.74) is 3.03. The number of aryl methyl sites for hydroxylation is 2. The zero-order valence-electron chi connectivity index (χ0n) is 15.2. The van der Waals surface area contributed by atoms with E-state index in [-0.39, 0.29) is 18.6 Å². The maximum absolute atomic E-state index is 12.5. The molecular formula is C19H25ClN4O2. The molecule has 0 atom stereocenters. The van der Waals surface area contributed by atoms with Crippen LogP contribution in [0, 0.1) is 19.8 Å². The van der Waals surface area contributed by atoms with Gasteiger partial charge < -0.3 is 10.4 Å². The number of rotatable bonds is 5. The van der Waals surface area contributed by atoms with E-state index in [1.54, 1.807) is 12.3 Å². The number of aromatic nitrogens is 3. The molecule has 0 spiro atoms. The number of amides is 1. The summed E-state index contributed by atoms with van der Waals surface area (Å²) < 4.78 is 1.98. The molecule has 1 fully saturated rings. The maximum Gasteiger partial charge on any atom is 0.253 e. The van der Waals surface area contributed by atoms with E-state index in [4.69, 9.17) is 11.6 Å². The van der Waals surface area contributed by atoms with Crippen molar-refractivity contribution in [2.45, 2.75) is 58.7 Å². The van der Waals surface area contributed by atoms with Crippen LogP contribution in [0.15, 0.2) is 18.3 Å². The summed E-state index contributed by atoms with van der Waals surface area (Å²) in [7, 11) is 0.